The zero-order valence-corrected chi connectivity index (χ0v) is 13.7. The summed E-state index contributed by atoms with van der Waals surface area (Å²) in [7, 11) is 0. The van der Waals surface area contributed by atoms with Crippen LogP contribution in [0.3, 0.4) is 0 Å². The van der Waals surface area contributed by atoms with Gasteiger partial charge in [0.15, 0.2) is 11.5 Å². The zero-order valence-electron chi connectivity index (χ0n) is 13.7. The van der Waals surface area contributed by atoms with Crippen molar-refractivity contribution in [2.75, 3.05) is 38.2 Å². The highest BCUT2D eigenvalue weighted by molar-refractivity contribution is 5.92. The first-order valence-electron chi connectivity index (χ1n) is 8.73. The Bertz CT molecular complexity index is 525. The van der Waals surface area contributed by atoms with Crippen molar-refractivity contribution in [2.24, 2.45) is 0 Å². The van der Waals surface area contributed by atoms with Crippen LogP contribution in [0.25, 0.3) is 0 Å². The molecule has 2 aliphatic rings. The van der Waals surface area contributed by atoms with E-state index in [4.69, 9.17) is 9.47 Å². The number of hydrogen-bond donors (Lipinski definition) is 1. The average Bonchev–Trinajstić information content (AvgIpc) is 2.74. The van der Waals surface area contributed by atoms with Crippen LogP contribution in [0.4, 0.5) is 5.69 Å². The fourth-order valence-corrected chi connectivity index (χ4v) is 3.12. The second kappa shape index (κ2) is 8.20. The molecule has 23 heavy (non-hydrogen) atoms. The molecule has 0 atom stereocenters. The topological polar surface area (TPSA) is 50.8 Å². The van der Waals surface area contributed by atoms with E-state index < -0.39 is 0 Å². The van der Waals surface area contributed by atoms with Gasteiger partial charge in [0, 0.05) is 18.2 Å². The number of likely N-dealkylation sites (tertiary alicyclic amines) is 1. The number of carbonyl (C=O) groups excluding carboxylic acids is 1. The van der Waals surface area contributed by atoms with Crippen molar-refractivity contribution >= 4 is 11.6 Å². The van der Waals surface area contributed by atoms with Crippen molar-refractivity contribution in [2.45, 2.75) is 38.5 Å². The van der Waals surface area contributed by atoms with Gasteiger partial charge < -0.3 is 14.8 Å². The van der Waals surface area contributed by atoms with Gasteiger partial charge in [-0.15, -0.1) is 0 Å². The van der Waals surface area contributed by atoms with Crippen molar-refractivity contribution in [3.05, 3.63) is 18.2 Å². The average molecular weight is 318 g/mol. The van der Waals surface area contributed by atoms with Gasteiger partial charge in [0.25, 0.3) is 0 Å². The maximum atomic E-state index is 12.3. The smallest absolute Gasteiger partial charge is 0.238 e. The van der Waals surface area contributed by atoms with Crippen LogP contribution >= 0.6 is 0 Å². The first-order valence-corrected chi connectivity index (χ1v) is 8.73. The molecule has 2 aliphatic heterocycles. The number of carbonyl (C=O) groups is 1. The molecule has 2 heterocycles. The summed E-state index contributed by atoms with van der Waals surface area (Å²) in [6.45, 7) is 3.84. The Morgan fingerprint density at radius 1 is 0.957 bits per heavy atom. The summed E-state index contributed by atoms with van der Waals surface area (Å²) in [4.78, 5) is 14.6. The van der Waals surface area contributed by atoms with E-state index in [9.17, 15) is 4.79 Å². The molecule has 1 amide bonds. The molecule has 0 unspecified atom stereocenters. The lowest BCUT2D eigenvalue weighted by atomic mass is 10.1. The van der Waals surface area contributed by atoms with Gasteiger partial charge >= 0.3 is 0 Å². The molecule has 0 aromatic heterocycles. The highest BCUT2D eigenvalue weighted by atomic mass is 16.5. The van der Waals surface area contributed by atoms with Gasteiger partial charge in [-0.05, 0) is 38.1 Å². The molecule has 1 aromatic rings. The second-order valence-electron chi connectivity index (χ2n) is 6.30. The molecule has 0 spiro atoms. The molecule has 0 aliphatic carbocycles. The van der Waals surface area contributed by atoms with Gasteiger partial charge in [-0.3, -0.25) is 9.69 Å². The summed E-state index contributed by atoms with van der Waals surface area (Å²) in [5.41, 5.74) is 0.770. The van der Waals surface area contributed by atoms with Gasteiger partial charge in [-0.1, -0.05) is 19.3 Å². The van der Waals surface area contributed by atoms with Gasteiger partial charge in [0.05, 0.1) is 19.8 Å². The van der Waals surface area contributed by atoms with Gasteiger partial charge in [-0.25, -0.2) is 0 Å². The fraction of sp³-hybridized carbons (Fsp3) is 0.611. The van der Waals surface area contributed by atoms with Crippen LogP contribution in [0.2, 0.25) is 0 Å². The van der Waals surface area contributed by atoms with Crippen molar-refractivity contribution in [1.82, 2.24) is 4.90 Å². The van der Waals surface area contributed by atoms with Crippen molar-refractivity contribution < 1.29 is 14.3 Å². The summed E-state index contributed by atoms with van der Waals surface area (Å²) in [5.74, 6) is 1.51. The fourth-order valence-electron chi connectivity index (χ4n) is 3.12. The quantitative estimate of drug-likeness (QED) is 0.930. The Hall–Kier alpha value is -1.75. The van der Waals surface area contributed by atoms with E-state index in [1.165, 1.54) is 32.1 Å². The van der Waals surface area contributed by atoms with Crippen LogP contribution in [-0.4, -0.2) is 43.7 Å². The minimum Gasteiger partial charge on any atom is -0.490 e. The molecule has 0 radical (unpaired) electrons. The highest BCUT2D eigenvalue weighted by Gasteiger charge is 2.14. The maximum absolute atomic E-state index is 12.3. The van der Waals surface area contributed by atoms with Crippen LogP contribution in [0.15, 0.2) is 18.2 Å². The number of nitrogens with zero attached hydrogens (tertiary/aromatic N) is 1. The number of hydrogen-bond acceptors (Lipinski definition) is 4. The van der Waals surface area contributed by atoms with Gasteiger partial charge in [0.2, 0.25) is 5.91 Å². The Morgan fingerprint density at radius 2 is 1.65 bits per heavy atom. The SMILES string of the molecule is O=C(CN1CCCCCCC1)Nc1ccc2c(c1)OCCCO2. The summed E-state index contributed by atoms with van der Waals surface area (Å²) in [6, 6.07) is 5.59. The predicted octanol–water partition coefficient (Wildman–Crippen LogP) is 3.05. The molecule has 5 heteroatoms. The number of anilines is 1. The second-order valence-corrected chi connectivity index (χ2v) is 6.30. The predicted molar refractivity (Wildman–Crippen MR) is 90.2 cm³/mol. The first kappa shape index (κ1) is 16.1. The van der Waals surface area contributed by atoms with Crippen LogP contribution in [0.1, 0.15) is 38.5 Å². The molecule has 0 saturated carbocycles. The minimum absolute atomic E-state index is 0.0417. The number of ether oxygens (including phenoxy) is 2. The molecule has 3 rings (SSSR count). The number of fused-ring (bicyclic) bond motifs is 1. The van der Waals surface area contributed by atoms with Crippen LogP contribution in [0, 0.1) is 0 Å². The number of rotatable bonds is 3. The summed E-state index contributed by atoms with van der Waals surface area (Å²) in [6.07, 6.45) is 7.15. The monoisotopic (exact) mass is 318 g/mol. The number of nitrogens with one attached hydrogen (secondary N) is 1. The maximum Gasteiger partial charge on any atom is 0.238 e. The third kappa shape index (κ3) is 4.86. The molecule has 1 fully saturated rings. The molecular formula is C18H26N2O3. The molecule has 5 nitrogen and oxygen atoms in total. The Balaban J connectivity index is 1.55. The Kier molecular flexibility index (Phi) is 5.75. The Labute approximate surface area is 137 Å². The first-order chi connectivity index (χ1) is 11.3. The zero-order chi connectivity index (χ0) is 15.9. The number of benzene rings is 1. The Morgan fingerprint density at radius 3 is 2.43 bits per heavy atom. The van der Waals surface area contributed by atoms with Crippen molar-refractivity contribution in [1.29, 1.82) is 0 Å². The molecule has 126 valence electrons. The van der Waals surface area contributed by atoms with Gasteiger partial charge in [0.1, 0.15) is 0 Å². The molecule has 1 saturated heterocycles. The minimum atomic E-state index is 0.0417. The summed E-state index contributed by atoms with van der Waals surface area (Å²) in [5, 5.41) is 2.98. The molecule has 1 aromatic carbocycles. The lowest BCUT2D eigenvalue weighted by Crippen LogP contribution is -2.35. The van der Waals surface area contributed by atoms with E-state index in [1.54, 1.807) is 0 Å². The lowest BCUT2D eigenvalue weighted by Gasteiger charge is -2.23. The van der Waals surface area contributed by atoms with Crippen LogP contribution < -0.4 is 14.8 Å². The van der Waals surface area contributed by atoms with E-state index >= 15 is 0 Å². The molecular weight excluding hydrogens is 292 g/mol. The van der Waals surface area contributed by atoms with E-state index in [1.807, 2.05) is 18.2 Å². The standard InChI is InChI=1S/C18H26N2O3/c21-18(14-20-9-4-2-1-3-5-10-20)19-15-7-8-16-17(13-15)23-12-6-11-22-16/h7-8,13H,1-6,9-12,14H2,(H,19,21). The highest BCUT2D eigenvalue weighted by Crippen LogP contribution is 2.32. The largest absolute Gasteiger partial charge is 0.490 e. The van der Waals surface area contributed by atoms with E-state index in [2.05, 4.69) is 10.2 Å². The third-order valence-corrected chi connectivity index (χ3v) is 4.35. The number of amides is 1. The van der Waals surface area contributed by atoms with E-state index in [-0.39, 0.29) is 5.91 Å². The molecule has 1 N–H and O–H groups in total. The lowest BCUT2D eigenvalue weighted by molar-refractivity contribution is -0.117. The normalized spacial score (nSPS) is 19.3. The van der Waals surface area contributed by atoms with Crippen molar-refractivity contribution in [3.63, 3.8) is 0 Å². The van der Waals surface area contributed by atoms with E-state index in [0.717, 1.165) is 30.9 Å². The van der Waals surface area contributed by atoms with Gasteiger partial charge in [-0.2, -0.15) is 0 Å². The van der Waals surface area contributed by atoms with Crippen molar-refractivity contribution in [3.8, 4) is 11.5 Å². The molecule has 0 bridgehead atoms. The summed E-state index contributed by atoms with van der Waals surface area (Å²) >= 11 is 0. The van der Waals surface area contributed by atoms with Crippen LogP contribution in [-0.2, 0) is 4.79 Å². The summed E-state index contributed by atoms with van der Waals surface area (Å²) < 4.78 is 11.3. The van der Waals surface area contributed by atoms with Crippen LogP contribution in [0.5, 0.6) is 11.5 Å². The third-order valence-electron chi connectivity index (χ3n) is 4.35. The van der Waals surface area contributed by atoms with E-state index in [0.29, 0.717) is 25.5 Å².